The first kappa shape index (κ1) is 18.0. The molecule has 0 unspecified atom stereocenters. The molecular weight excluding hydrogens is 328 g/mol. The van der Waals surface area contributed by atoms with Gasteiger partial charge in [0, 0.05) is 13.2 Å². The highest BCUT2D eigenvalue weighted by molar-refractivity contribution is 7.98. The van der Waals surface area contributed by atoms with Crippen molar-refractivity contribution in [1.82, 2.24) is 14.8 Å². The van der Waals surface area contributed by atoms with Crippen LogP contribution in [0.25, 0.3) is 0 Å². The molecular formula is C16H20N4O3S. The lowest BCUT2D eigenvalue weighted by molar-refractivity contribution is -0.123. The Morgan fingerprint density at radius 1 is 1.38 bits per heavy atom. The zero-order valence-electron chi connectivity index (χ0n) is 14.3. The van der Waals surface area contributed by atoms with Crippen molar-refractivity contribution in [2.24, 2.45) is 7.05 Å². The van der Waals surface area contributed by atoms with Gasteiger partial charge in [-0.2, -0.15) is 5.10 Å². The zero-order valence-corrected chi connectivity index (χ0v) is 15.1. The summed E-state index contributed by atoms with van der Waals surface area (Å²) in [5, 5.41) is 7.57. The number of nitrogens with one attached hydrogen (secondary N) is 1. The molecule has 7 nitrogen and oxygen atoms in total. The van der Waals surface area contributed by atoms with Crippen LogP contribution in [0.2, 0.25) is 0 Å². The van der Waals surface area contributed by atoms with Crippen molar-refractivity contribution in [2.75, 3.05) is 11.6 Å². The smallest absolute Gasteiger partial charge is 0.341 e. The third kappa shape index (κ3) is 3.76. The van der Waals surface area contributed by atoms with Crippen molar-refractivity contribution in [3.63, 3.8) is 0 Å². The van der Waals surface area contributed by atoms with Gasteiger partial charge in [-0.3, -0.25) is 9.48 Å². The lowest BCUT2D eigenvalue weighted by Gasteiger charge is -2.14. The molecule has 0 saturated carbocycles. The molecule has 1 N–H and O–H groups in total. The summed E-state index contributed by atoms with van der Waals surface area (Å²) in [5.41, 5.74) is 2.52. The molecule has 0 aliphatic carbocycles. The van der Waals surface area contributed by atoms with E-state index in [1.807, 2.05) is 13.2 Å². The Balaban J connectivity index is 2.07. The number of ether oxygens (including phenoxy) is 1. The fourth-order valence-electron chi connectivity index (χ4n) is 2.17. The fraction of sp³-hybridized carbons (Fsp3) is 0.375. The number of pyridine rings is 1. The summed E-state index contributed by atoms with van der Waals surface area (Å²) in [4.78, 5) is 28.7. The van der Waals surface area contributed by atoms with E-state index in [0.29, 0.717) is 22.0 Å². The molecule has 2 aromatic rings. The first-order valence-corrected chi connectivity index (χ1v) is 8.58. The monoisotopic (exact) mass is 348 g/mol. The van der Waals surface area contributed by atoms with Gasteiger partial charge in [-0.1, -0.05) is 0 Å². The molecule has 8 heteroatoms. The van der Waals surface area contributed by atoms with Crippen LogP contribution in [-0.4, -0.2) is 39.0 Å². The standard InChI is InChI=1S/C16H20N4O3S/c1-9-13(10(2)20(4)19-9)18-14(21)11(3)23-16(22)12-7-6-8-17-15(12)24-5/h6-8,11H,1-5H3,(H,18,21)/t11-/m0/s1. The summed E-state index contributed by atoms with van der Waals surface area (Å²) < 4.78 is 6.95. The van der Waals surface area contributed by atoms with E-state index >= 15 is 0 Å². The van der Waals surface area contributed by atoms with Crippen molar-refractivity contribution in [2.45, 2.75) is 31.9 Å². The van der Waals surface area contributed by atoms with Gasteiger partial charge in [0.05, 0.1) is 22.6 Å². The number of amides is 1. The second-order valence-electron chi connectivity index (χ2n) is 5.27. The molecule has 2 aromatic heterocycles. The van der Waals surface area contributed by atoms with Crippen molar-refractivity contribution in [3.8, 4) is 0 Å². The third-order valence-electron chi connectivity index (χ3n) is 3.59. The van der Waals surface area contributed by atoms with Gasteiger partial charge in [0.2, 0.25) is 0 Å². The number of aromatic nitrogens is 3. The molecule has 1 atom stereocenters. The highest BCUT2D eigenvalue weighted by Crippen LogP contribution is 2.20. The Morgan fingerprint density at radius 3 is 2.67 bits per heavy atom. The molecule has 1 amide bonds. The van der Waals surface area contributed by atoms with Crippen LogP contribution in [-0.2, 0) is 16.6 Å². The van der Waals surface area contributed by atoms with Crippen LogP contribution in [0.3, 0.4) is 0 Å². The summed E-state index contributed by atoms with van der Waals surface area (Å²) in [6, 6.07) is 3.28. The summed E-state index contributed by atoms with van der Waals surface area (Å²) in [6.45, 7) is 5.19. The summed E-state index contributed by atoms with van der Waals surface area (Å²) >= 11 is 1.35. The fourth-order valence-corrected chi connectivity index (χ4v) is 2.70. The van der Waals surface area contributed by atoms with Gasteiger partial charge in [0.15, 0.2) is 6.10 Å². The Kier molecular flexibility index (Phi) is 5.61. The molecule has 0 spiro atoms. The van der Waals surface area contributed by atoms with Crippen LogP contribution in [0, 0.1) is 13.8 Å². The molecule has 0 saturated heterocycles. The molecule has 2 rings (SSSR count). The van der Waals surface area contributed by atoms with Crippen molar-refractivity contribution in [3.05, 3.63) is 35.3 Å². The number of carbonyl (C=O) groups is 2. The molecule has 0 aliphatic heterocycles. The van der Waals surface area contributed by atoms with Gasteiger partial charge in [-0.25, -0.2) is 9.78 Å². The van der Waals surface area contributed by atoms with E-state index in [1.165, 1.54) is 18.7 Å². The van der Waals surface area contributed by atoms with Crippen molar-refractivity contribution >= 4 is 29.3 Å². The Hall–Kier alpha value is -2.35. The minimum atomic E-state index is -0.939. The van der Waals surface area contributed by atoms with Gasteiger partial charge in [0.1, 0.15) is 5.03 Å². The SMILES string of the molecule is CSc1ncccc1C(=O)O[C@@H](C)C(=O)Nc1c(C)nn(C)c1C. The number of thioether (sulfide) groups is 1. The second-order valence-corrected chi connectivity index (χ2v) is 6.06. The lowest BCUT2D eigenvalue weighted by atomic mass is 10.2. The molecule has 0 bridgehead atoms. The average molecular weight is 348 g/mol. The number of aryl methyl sites for hydroxylation is 2. The quantitative estimate of drug-likeness (QED) is 0.659. The molecule has 0 fully saturated rings. The molecule has 0 aromatic carbocycles. The molecule has 0 aliphatic rings. The first-order chi connectivity index (χ1) is 11.3. The second kappa shape index (κ2) is 7.48. The van der Waals surface area contributed by atoms with E-state index in [4.69, 9.17) is 4.74 Å². The summed E-state index contributed by atoms with van der Waals surface area (Å²) in [7, 11) is 1.80. The lowest BCUT2D eigenvalue weighted by Crippen LogP contribution is -2.30. The van der Waals surface area contributed by atoms with Crippen LogP contribution in [0.4, 0.5) is 5.69 Å². The number of carbonyl (C=O) groups excluding carboxylic acids is 2. The van der Waals surface area contributed by atoms with Crippen LogP contribution in [0.15, 0.2) is 23.4 Å². The highest BCUT2D eigenvalue weighted by Gasteiger charge is 2.23. The van der Waals surface area contributed by atoms with Crippen LogP contribution in [0.5, 0.6) is 0 Å². The van der Waals surface area contributed by atoms with E-state index in [2.05, 4.69) is 15.4 Å². The average Bonchev–Trinajstić information content (AvgIpc) is 2.80. The van der Waals surface area contributed by atoms with Crippen LogP contribution < -0.4 is 5.32 Å². The number of hydrogen-bond donors (Lipinski definition) is 1. The van der Waals surface area contributed by atoms with Gasteiger partial charge in [0.25, 0.3) is 5.91 Å². The van der Waals surface area contributed by atoms with Crippen molar-refractivity contribution < 1.29 is 14.3 Å². The van der Waals surface area contributed by atoms with Gasteiger partial charge >= 0.3 is 5.97 Å². The minimum Gasteiger partial charge on any atom is -0.449 e. The zero-order chi connectivity index (χ0) is 17.9. The van der Waals surface area contributed by atoms with Crippen LogP contribution in [0.1, 0.15) is 28.7 Å². The summed E-state index contributed by atoms with van der Waals surface area (Å²) in [6.07, 6.45) is 2.49. The van der Waals surface area contributed by atoms with E-state index in [-0.39, 0.29) is 0 Å². The largest absolute Gasteiger partial charge is 0.449 e. The number of rotatable bonds is 5. The number of esters is 1. The van der Waals surface area contributed by atoms with E-state index in [1.54, 1.807) is 37.0 Å². The maximum Gasteiger partial charge on any atom is 0.341 e. The molecule has 2 heterocycles. The van der Waals surface area contributed by atoms with Gasteiger partial charge < -0.3 is 10.1 Å². The van der Waals surface area contributed by atoms with Gasteiger partial charge in [-0.15, -0.1) is 11.8 Å². The Bertz CT molecular complexity index is 773. The van der Waals surface area contributed by atoms with E-state index in [9.17, 15) is 9.59 Å². The van der Waals surface area contributed by atoms with Gasteiger partial charge in [-0.05, 0) is 39.2 Å². The maximum atomic E-state index is 12.3. The van der Waals surface area contributed by atoms with Crippen LogP contribution >= 0.6 is 11.8 Å². The number of anilines is 1. The van der Waals surface area contributed by atoms with E-state index in [0.717, 1.165) is 5.69 Å². The van der Waals surface area contributed by atoms with E-state index < -0.39 is 18.0 Å². The Labute approximate surface area is 144 Å². The number of nitrogens with zero attached hydrogens (tertiary/aromatic N) is 3. The summed E-state index contributed by atoms with van der Waals surface area (Å²) in [5.74, 6) is -0.980. The first-order valence-electron chi connectivity index (χ1n) is 7.36. The predicted molar refractivity (Wildman–Crippen MR) is 92.2 cm³/mol. The Morgan fingerprint density at radius 2 is 2.08 bits per heavy atom. The molecule has 0 radical (unpaired) electrons. The highest BCUT2D eigenvalue weighted by atomic mass is 32.2. The minimum absolute atomic E-state index is 0.346. The predicted octanol–water partition coefficient (Wildman–Crippen LogP) is 2.34. The normalized spacial score (nSPS) is 11.9. The topological polar surface area (TPSA) is 86.1 Å². The number of hydrogen-bond acceptors (Lipinski definition) is 6. The van der Waals surface area contributed by atoms with Crippen molar-refractivity contribution in [1.29, 1.82) is 0 Å². The molecule has 128 valence electrons. The third-order valence-corrected chi connectivity index (χ3v) is 4.31. The molecule has 24 heavy (non-hydrogen) atoms. The maximum absolute atomic E-state index is 12.3.